The summed E-state index contributed by atoms with van der Waals surface area (Å²) in [5.74, 6) is 2.15. The molecule has 0 heterocycles. The molecule has 0 spiro atoms. The monoisotopic (exact) mass is 352 g/mol. The summed E-state index contributed by atoms with van der Waals surface area (Å²) in [5, 5.41) is 3.90. The molecular weight excluding hydrogens is 324 g/mol. The van der Waals surface area contributed by atoms with Crippen molar-refractivity contribution in [3.05, 3.63) is 29.3 Å². The molecule has 4 nitrogen and oxygen atoms in total. The van der Waals surface area contributed by atoms with Gasteiger partial charge in [-0.3, -0.25) is 9.69 Å². The number of rotatable bonds is 7. The van der Waals surface area contributed by atoms with Crippen molar-refractivity contribution in [1.29, 1.82) is 0 Å². The molecule has 3 atom stereocenters. The topological polar surface area (TPSA) is 41.6 Å². The Balaban J connectivity index is 1.66. The van der Waals surface area contributed by atoms with Gasteiger partial charge in [-0.05, 0) is 49.6 Å². The van der Waals surface area contributed by atoms with Gasteiger partial charge in [-0.15, -0.1) is 0 Å². The molecule has 0 radical (unpaired) electrons. The lowest BCUT2D eigenvalue weighted by atomic mass is 9.78. The van der Waals surface area contributed by atoms with Crippen molar-refractivity contribution >= 4 is 17.5 Å². The number of likely N-dealkylation sites (N-methyl/N-ethyl adjacent to an activating group) is 1. The molecule has 0 bridgehead atoms. The number of ether oxygens (including phenoxy) is 1. The summed E-state index contributed by atoms with van der Waals surface area (Å²) in [6, 6.07) is 7.63. The largest absolute Gasteiger partial charge is 0.492 e. The van der Waals surface area contributed by atoms with Crippen molar-refractivity contribution in [1.82, 2.24) is 10.2 Å². The molecular formula is C19H29ClN2O2. The average molecular weight is 353 g/mol. The molecule has 1 aliphatic carbocycles. The number of amides is 1. The molecule has 1 aliphatic rings. The van der Waals surface area contributed by atoms with Crippen LogP contribution in [-0.2, 0) is 4.79 Å². The molecule has 0 saturated heterocycles. The molecule has 0 unspecified atom stereocenters. The van der Waals surface area contributed by atoms with Gasteiger partial charge < -0.3 is 10.1 Å². The van der Waals surface area contributed by atoms with Gasteiger partial charge in [0.25, 0.3) is 0 Å². The molecule has 1 N–H and O–H groups in total. The number of hydrogen-bond donors (Lipinski definition) is 1. The summed E-state index contributed by atoms with van der Waals surface area (Å²) >= 11 is 5.84. The zero-order valence-corrected chi connectivity index (χ0v) is 15.7. The van der Waals surface area contributed by atoms with E-state index in [0.717, 1.165) is 12.2 Å². The van der Waals surface area contributed by atoms with Crippen LogP contribution >= 0.6 is 11.6 Å². The third kappa shape index (κ3) is 5.99. The number of benzene rings is 1. The van der Waals surface area contributed by atoms with Gasteiger partial charge in [0.1, 0.15) is 12.4 Å². The number of halogens is 1. The standard InChI is InChI=1S/C19H29ClN2O2/c1-14-5-4-6-18(15(14)2)21-19(23)13-22(3)11-12-24-17-9-7-16(20)8-10-17/h7-10,14-15,18H,4-6,11-13H2,1-3H3,(H,21,23)/t14-,15-,18-/m1/s1. The maximum absolute atomic E-state index is 12.2. The van der Waals surface area contributed by atoms with Crippen LogP contribution in [0.2, 0.25) is 5.02 Å². The number of nitrogens with one attached hydrogen (secondary N) is 1. The van der Waals surface area contributed by atoms with Crippen LogP contribution in [0.25, 0.3) is 0 Å². The zero-order valence-electron chi connectivity index (χ0n) is 14.9. The highest BCUT2D eigenvalue weighted by Gasteiger charge is 2.28. The van der Waals surface area contributed by atoms with Gasteiger partial charge in [0, 0.05) is 17.6 Å². The third-order valence-electron chi connectivity index (χ3n) is 5.02. The van der Waals surface area contributed by atoms with Gasteiger partial charge in [-0.1, -0.05) is 38.3 Å². The summed E-state index contributed by atoms with van der Waals surface area (Å²) in [4.78, 5) is 14.2. The zero-order chi connectivity index (χ0) is 17.5. The van der Waals surface area contributed by atoms with E-state index in [9.17, 15) is 4.79 Å². The van der Waals surface area contributed by atoms with E-state index in [2.05, 4.69) is 19.2 Å². The second-order valence-electron chi connectivity index (χ2n) is 6.98. The van der Waals surface area contributed by atoms with Crippen LogP contribution in [0.15, 0.2) is 24.3 Å². The molecule has 0 aromatic heterocycles. The Hall–Kier alpha value is -1.26. The van der Waals surface area contributed by atoms with Crippen molar-refractivity contribution in [2.45, 2.75) is 39.2 Å². The van der Waals surface area contributed by atoms with Gasteiger partial charge in [-0.25, -0.2) is 0 Å². The van der Waals surface area contributed by atoms with Crippen LogP contribution in [0.5, 0.6) is 5.75 Å². The summed E-state index contributed by atoms with van der Waals surface area (Å²) in [7, 11) is 1.94. The summed E-state index contributed by atoms with van der Waals surface area (Å²) < 4.78 is 5.66. The fraction of sp³-hybridized carbons (Fsp3) is 0.632. The predicted molar refractivity (Wildman–Crippen MR) is 98.6 cm³/mol. The van der Waals surface area contributed by atoms with Crippen LogP contribution < -0.4 is 10.1 Å². The Kier molecular flexibility index (Phi) is 7.38. The maximum Gasteiger partial charge on any atom is 0.234 e. The summed E-state index contributed by atoms with van der Waals surface area (Å²) in [6.45, 7) is 6.18. The van der Waals surface area contributed by atoms with Crippen molar-refractivity contribution in [3.63, 3.8) is 0 Å². The lowest BCUT2D eigenvalue weighted by Gasteiger charge is -2.35. The van der Waals surface area contributed by atoms with Crippen LogP contribution in [0.4, 0.5) is 0 Å². The molecule has 5 heteroatoms. The highest BCUT2D eigenvalue weighted by molar-refractivity contribution is 6.30. The van der Waals surface area contributed by atoms with E-state index in [1.807, 2.05) is 24.1 Å². The van der Waals surface area contributed by atoms with E-state index >= 15 is 0 Å². The first kappa shape index (κ1) is 19.1. The third-order valence-corrected chi connectivity index (χ3v) is 5.27. The van der Waals surface area contributed by atoms with Gasteiger partial charge in [0.15, 0.2) is 0 Å². The molecule has 1 fully saturated rings. The first-order chi connectivity index (χ1) is 11.5. The highest BCUT2D eigenvalue weighted by Crippen LogP contribution is 2.29. The van der Waals surface area contributed by atoms with E-state index in [1.54, 1.807) is 12.1 Å². The Morgan fingerprint density at radius 2 is 2.00 bits per heavy atom. The molecule has 1 amide bonds. The Morgan fingerprint density at radius 1 is 1.29 bits per heavy atom. The minimum absolute atomic E-state index is 0.106. The van der Waals surface area contributed by atoms with Crippen LogP contribution in [-0.4, -0.2) is 43.6 Å². The second kappa shape index (κ2) is 9.28. The molecule has 1 saturated carbocycles. The summed E-state index contributed by atoms with van der Waals surface area (Å²) in [6.07, 6.45) is 3.58. The van der Waals surface area contributed by atoms with Crippen molar-refractivity contribution in [2.75, 3.05) is 26.7 Å². The Labute approximate surface area is 150 Å². The number of hydrogen-bond acceptors (Lipinski definition) is 3. The average Bonchev–Trinajstić information content (AvgIpc) is 2.53. The van der Waals surface area contributed by atoms with Gasteiger partial charge in [0.05, 0.1) is 6.54 Å². The number of carbonyl (C=O) groups excluding carboxylic acids is 1. The quantitative estimate of drug-likeness (QED) is 0.815. The SMILES string of the molecule is C[C@@H]1[C@H](C)CCC[C@H]1NC(=O)CN(C)CCOc1ccc(Cl)cc1. The smallest absolute Gasteiger partial charge is 0.234 e. The molecule has 1 aromatic carbocycles. The van der Waals surface area contributed by atoms with E-state index in [1.165, 1.54) is 12.8 Å². The predicted octanol–water partition coefficient (Wildman–Crippen LogP) is 3.59. The van der Waals surface area contributed by atoms with E-state index in [0.29, 0.717) is 42.6 Å². The normalized spacial score (nSPS) is 24.0. The molecule has 24 heavy (non-hydrogen) atoms. The van der Waals surface area contributed by atoms with Gasteiger partial charge >= 0.3 is 0 Å². The van der Waals surface area contributed by atoms with Crippen LogP contribution in [0, 0.1) is 11.8 Å². The molecule has 0 aliphatic heterocycles. The lowest BCUT2D eigenvalue weighted by molar-refractivity contribution is -0.123. The fourth-order valence-corrected chi connectivity index (χ4v) is 3.34. The maximum atomic E-state index is 12.2. The van der Waals surface area contributed by atoms with Crippen molar-refractivity contribution in [2.24, 2.45) is 11.8 Å². The van der Waals surface area contributed by atoms with Crippen molar-refractivity contribution < 1.29 is 9.53 Å². The van der Waals surface area contributed by atoms with Gasteiger partial charge in [-0.2, -0.15) is 0 Å². The van der Waals surface area contributed by atoms with Crippen LogP contribution in [0.3, 0.4) is 0 Å². The minimum atomic E-state index is 0.106. The van der Waals surface area contributed by atoms with Gasteiger partial charge in [0.2, 0.25) is 5.91 Å². The molecule has 134 valence electrons. The minimum Gasteiger partial charge on any atom is -0.492 e. The lowest BCUT2D eigenvalue weighted by Crippen LogP contribution is -2.47. The van der Waals surface area contributed by atoms with E-state index in [-0.39, 0.29) is 5.91 Å². The Morgan fingerprint density at radius 3 is 2.71 bits per heavy atom. The van der Waals surface area contributed by atoms with E-state index in [4.69, 9.17) is 16.3 Å². The number of carbonyl (C=O) groups is 1. The van der Waals surface area contributed by atoms with Crippen molar-refractivity contribution in [3.8, 4) is 5.75 Å². The molecule has 1 aromatic rings. The number of nitrogens with zero attached hydrogens (tertiary/aromatic N) is 1. The first-order valence-corrected chi connectivity index (χ1v) is 9.19. The fourth-order valence-electron chi connectivity index (χ4n) is 3.21. The molecule has 2 rings (SSSR count). The second-order valence-corrected chi connectivity index (χ2v) is 7.42. The Bertz CT molecular complexity index is 521. The van der Waals surface area contributed by atoms with E-state index < -0.39 is 0 Å². The summed E-state index contributed by atoms with van der Waals surface area (Å²) in [5.41, 5.74) is 0. The first-order valence-electron chi connectivity index (χ1n) is 8.82. The highest BCUT2D eigenvalue weighted by atomic mass is 35.5. The van der Waals surface area contributed by atoms with Crippen LogP contribution in [0.1, 0.15) is 33.1 Å².